The molecule has 0 aromatic heterocycles. The van der Waals surface area contributed by atoms with Crippen LogP contribution in [0.25, 0.3) is 0 Å². The summed E-state index contributed by atoms with van der Waals surface area (Å²) in [5, 5.41) is 0. The summed E-state index contributed by atoms with van der Waals surface area (Å²) >= 11 is 0. The predicted octanol–water partition coefficient (Wildman–Crippen LogP) is -0.487. The van der Waals surface area contributed by atoms with Gasteiger partial charge in [0.15, 0.2) is 0 Å². The van der Waals surface area contributed by atoms with Crippen molar-refractivity contribution in [3.8, 4) is 0 Å². The zero-order valence-electron chi connectivity index (χ0n) is 4.09. The minimum atomic E-state index is -3.66. The Bertz CT molecular complexity index is 115. The smallest absolute Gasteiger partial charge is 0.264 e. The first-order chi connectivity index (χ1) is 2.56. The van der Waals surface area contributed by atoms with E-state index in [0.29, 0.717) is 0 Å². The minimum absolute atomic E-state index is 0. The molecule has 0 heterocycles. The molecule has 5 heteroatoms. The number of hydrogen-bond donors (Lipinski definition) is 1. The number of hydrogen-bond acceptors (Lipinski definition) is 2. The van der Waals surface area contributed by atoms with Gasteiger partial charge in [0.1, 0.15) is 0 Å². The van der Waals surface area contributed by atoms with Crippen molar-refractivity contribution in [3.63, 3.8) is 0 Å². The fourth-order valence-electron chi connectivity index (χ4n) is 0. The molecule has 1 N–H and O–H groups in total. The van der Waals surface area contributed by atoms with E-state index in [0.717, 1.165) is 0 Å². The minimum Gasteiger partial charge on any atom is -0.286 e. The first-order valence-electron chi connectivity index (χ1n) is 1.51. The summed E-state index contributed by atoms with van der Waals surface area (Å²) in [6, 6.07) is 0. The van der Waals surface area contributed by atoms with Crippen LogP contribution in [0, 0.1) is 0 Å². The van der Waals surface area contributed by atoms with Crippen LogP contribution < -0.4 is 0 Å². The van der Waals surface area contributed by atoms with Crippen molar-refractivity contribution in [1.82, 2.24) is 0 Å². The molecule has 40 valence electrons. The van der Waals surface area contributed by atoms with Crippen LogP contribution in [0.5, 0.6) is 0 Å². The maximum atomic E-state index is 9.56. The third kappa shape index (κ3) is 11.2. The third-order valence-electron chi connectivity index (χ3n) is 0.365. The molecule has 0 aromatic rings. The summed E-state index contributed by atoms with van der Waals surface area (Å²) in [4.78, 5) is 0. The summed E-state index contributed by atoms with van der Waals surface area (Å²) in [5.74, 6) is -0.201. The maximum Gasteiger partial charge on any atom is 0.264 e. The van der Waals surface area contributed by atoms with E-state index < -0.39 is 10.1 Å². The first kappa shape index (κ1) is 11.3. The fraction of sp³-hybridized carbons (Fsp3) is 1.00. The Morgan fingerprint density at radius 2 is 1.71 bits per heavy atom. The first-order valence-corrected chi connectivity index (χ1v) is 3.12. The van der Waals surface area contributed by atoms with Gasteiger partial charge in [0.25, 0.3) is 10.1 Å². The largest absolute Gasteiger partial charge is 0.286 e. The average Bonchev–Trinajstić information content (AvgIpc) is 1.35. The van der Waals surface area contributed by atoms with Crippen molar-refractivity contribution in [3.05, 3.63) is 0 Å². The van der Waals surface area contributed by atoms with E-state index in [1.54, 1.807) is 0 Å². The summed E-state index contributed by atoms with van der Waals surface area (Å²) in [5.41, 5.74) is 0. The monoisotopic (exact) mass is 248 g/mol. The zero-order chi connectivity index (χ0) is 5.21. The molecule has 0 rings (SSSR count). The van der Waals surface area contributed by atoms with Gasteiger partial charge in [-0.05, 0) is 6.92 Å². The molecule has 0 bridgehead atoms. The Morgan fingerprint density at radius 3 is 1.71 bits per heavy atom. The van der Waals surface area contributed by atoms with E-state index >= 15 is 0 Å². The maximum absolute atomic E-state index is 9.56. The van der Waals surface area contributed by atoms with Gasteiger partial charge < -0.3 is 0 Å². The summed E-state index contributed by atoms with van der Waals surface area (Å²) in [6.07, 6.45) is 0. The standard InChI is InChI=1S/C2H6O3S.Ba/c1-2-6(3,4)5;/h2H2,1H3,(H,3,4,5);. The molecule has 0 aromatic carbocycles. The van der Waals surface area contributed by atoms with Crippen molar-refractivity contribution < 1.29 is 13.0 Å². The molecule has 7 heavy (non-hydrogen) atoms. The predicted molar refractivity (Wildman–Crippen MR) is 27.8 cm³/mol. The van der Waals surface area contributed by atoms with E-state index in [1.807, 2.05) is 0 Å². The Morgan fingerprint density at radius 1 is 1.57 bits per heavy atom. The summed E-state index contributed by atoms with van der Waals surface area (Å²) in [6.45, 7) is 1.37. The molecule has 0 spiro atoms. The Hall–Kier alpha value is 1.48. The van der Waals surface area contributed by atoms with Gasteiger partial charge in [-0.25, -0.2) is 0 Å². The molecule has 3 nitrogen and oxygen atoms in total. The van der Waals surface area contributed by atoms with Gasteiger partial charge in [0.2, 0.25) is 0 Å². The molecule has 2 radical (unpaired) electrons. The van der Waals surface area contributed by atoms with Gasteiger partial charge >= 0.3 is 0 Å². The zero-order valence-corrected chi connectivity index (χ0v) is 9.34. The van der Waals surface area contributed by atoms with Gasteiger partial charge in [-0.2, -0.15) is 8.42 Å². The molecular formula is C2H6BaO3S. The molecule has 0 atom stereocenters. The molecule has 0 amide bonds. The normalized spacial score (nSPS) is 10.0. The van der Waals surface area contributed by atoms with Crippen molar-refractivity contribution in [2.24, 2.45) is 0 Å². The van der Waals surface area contributed by atoms with Crippen molar-refractivity contribution in [2.75, 3.05) is 5.75 Å². The van der Waals surface area contributed by atoms with Gasteiger partial charge in [0, 0.05) is 48.9 Å². The quantitative estimate of drug-likeness (QED) is 0.503. The van der Waals surface area contributed by atoms with E-state index in [4.69, 9.17) is 4.55 Å². The van der Waals surface area contributed by atoms with Crippen molar-refractivity contribution in [2.45, 2.75) is 6.92 Å². The second kappa shape index (κ2) is 4.37. The summed E-state index contributed by atoms with van der Waals surface area (Å²) in [7, 11) is -3.66. The Kier molecular flexibility index (Phi) is 7.05. The molecule has 0 saturated carbocycles. The Balaban J connectivity index is 0. The summed E-state index contributed by atoms with van der Waals surface area (Å²) < 4.78 is 26.9. The molecule has 0 unspecified atom stereocenters. The molecule has 0 aliphatic heterocycles. The van der Waals surface area contributed by atoms with Crippen molar-refractivity contribution >= 4 is 59.0 Å². The Labute approximate surface area is 83.3 Å². The van der Waals surface area contributed by atoms with E-state index in [1.165, 1.54) is 6.92 Å². The molecule has 0 fully saturated rings. The van der Waals surface area contributed by atoms with Gasteiger partial charge in [-0.15, -0.1) is 0 Å². The van der Waals surface area contributed by atoms with E-state index in [-0.39, 0.29) is 54.6 Å². The van der Waals surface area contributed by atoms with Crippen LogP contribution in [0.3, 0.4) is 0 Å². The average molecular weight is 247 g/mol. The van der Waals surface area contributed by atoms with Crippen LogP contribution in [-0.2, 0) is 10.1 Å². The van der Waals surface area contributed by atoms with Gasteiger partial charge in [0.05, 0.1) is 5.75 Å². The van der Waals surface area contributed by atoms with E-state index in [2.05, 4.69) is 0 Å². The fourth-order valence-corrected chi connectivity index (χ4v) is 0. The second-order valence-corrected chi connectivity index (χ2v) is 2.61. The van der Waals surface area contributed by atoms with Crippen molar-refractivity contribution in [1.29, 1.82) is 0 Å². The molecular weight excluding hydrogens is 241 g/mol. The van der Waals surface area contributed by atoms with Crippen LogP contribution in [-0.4, -0.2) is 67.6 Å². The molecule has 0 aliphatic carbocycles. The van der Waals surface area contributed by atoms with Gasteiger partial charge in [-0.3, -0.25) is 4.55 Å². The SMILES string of the molecule is CCS(=O)(=O)O.[Ba]. The van der Waals surface area contributed by atoms with Gasteiger partial charge in [-0.1, -0.05) is 0 Å². The van der Waals surface area contributed by atoms with Crippen LogP contribution in [0.15, 0.2) is 0 Å². The molecule has 0 aliphatic rings. The van der Waals surface area contributed by atoms with E-state index in [9.17, 15) is 8.42 Å². The van der Waals surface area contributed by atoms with Crippen LogP contribution >= 0.6 is 0 Å². The topological polar surface area (TPSA) is 54.4 Å². The second-order valence-electron chi connectivity index (χ2n) is 0.871. The third-order valence-corrected chi connectivity index (χ3v) is 1.09. The van der Waals surface area contributed by atoms with Crippen LogP contribution in [0.4, 0.5) is 0 Å². The van der Waals surface area contributed by atoms with Crippen LogP contribution in [0.1, 0.15) is 6.92 Å². The number of rotatable bonds is 1. The van der Waals surface area contributed by atoms with Crippen LogP contribution in [0.2, 0.25) is 0 Å². The molecule has 0 saturated heterocycles.